The first-order valence-electron chi connectivity index (χ1n) is 5.91. The van der Waals surface area contributed by atoms with Gasteiger partial charge in [0.2, 0.25) is 0 Å². The molecule has 86 valence electrons. The second-order valence-electron chi connectivity index (χ2n) is 4.16. The Morgan fingerprint density at radius 3 is 2.73 bits per heavy atom. The first-order chi connectivity index (χ1) is 7.24. The van der Waals surface area contributed by atoms with Crippen LogP contribution in [0.1, 0.15) is 52.5 Å². The highest BCUT2D eigenvalue weighted by Crippen LogP contribution is 2.12. The number of ether oxygens (including phenoxy) is 1. The zero-order valence-corrected chi connectivity index (χ0v) is 10.1. The topological polar surface area (TPSA) is 27.1 Å². The second-order valence-corrected chi connectivity index (χ2v) is 4.16. The zero-order valence-electron chi connectivity index (χ0n) is 10.1. The van der Waals surface area contributed by atoms with Gasteiger partial charge in [0.05, 0.1) is 19.0 Å². The number of aromatic nitrogens is 2. The van der Waals surface area contributed by atoms with Crippen molar-refractivity contribution in [1.82, 2.24) is 9.78 Å². The molecule has 0 radical (unpaired) electrons. The van der Waals surface area contributed by atoms with Crippen molar-refractivity contribution in [3.63, 3.8) is 0 Å². The summed E-state index contributed by atoms with van der Waals surface area (Å²) < 4.78 is 7.52. The molecule has 0 bridgehead atoms. The van der Waals surface area contributed by atoms with Crippen molar-refractivity contribution >= 4 is 0 Å². The first-order valence-corrected chi connectivity index (χ1v) is 5.91. The molecule has 0 aliphatic rings. The van der Waals surface area contributed by atoms with Crippen LogP contribution in [-0.2, 0) is 0 Å². The Morgan fingerprint density at radius 2 is 2.13 bits per heavy atom. The Hall–Kier alpha value is -0.990. The van der Waals surface area contributed by atoms with Gasteiger partial charge in [-0.05, 0) is 20.3 Å². The van der Waals surface area contributed by atoms with Gasteiger partial charge in [-0.25, -0.2) is 0 Å². The highest BCUT2D eigenvalue weighted by atomic mass is 16.5. The lowest BCUT2D eigenvalue weighted by Crippen LogP contribution is -2.00. The van der Waals surface area contributed by atoms with Crippen molar-refractivity contribution in [3.8, 4) is 5.75 Å². The van der Waals surface area contributed by atoms with E-state index < -0.39 is 0 Å². The lowest BCUT2D eigenvalue weighted by atomic mass is 10.2. The number of hydrogen-bond acceptors (Lipinski definition) is 2. The lowest BCUT2D eigenvalue weighted by molar-refractivity contribution is 0.304. The van der Waals surface area contributed by atoms with Crippen LogP contribution in [0.2, 0.25) is 0 Å². The maximum Gasteiger partial charge on any atom is 0.157 e. The summed E-state index contributed by atoms with van der Waals surface area (Å²) in [4.78, 5) is 0. The van der Waals surface area contributed by atoms with Crippen molar-refractivity contribution in [2.75, 3.05) is 6.61 Å². The molecule has 3 nitrogen and oxygen atoms in total. The van der Waals surface area contributed by atoms with Gasteiger partial charge in [0.15, 0.2) is 5.75 Å². The molecule has 3 heteroatoms. The van der Waals surface area contributed by atoms with E-state index in [1.807, 2.05) is 10.9 Å². The van der Waals surface area contributed by atoms with Crippen LogP contribution in [0.4, 0.5) is 0 Å². The van der Waals surface area contributed by atoms with Gasteiger partial charge in [-0.1, -0.05) is 26.2 Å². The van der Waals surface area contributed by atoms with Gasteiger partial charge >= 0.3 is 0 Å². The summed E-state index contributed by atoms with van der Waals surface area (Å²) >= 11 is 0. The van der Waals surface area contributed by atoms with Crippen molar-refractivity contribution in [2.45, 2.75) is 52.5 Å². The summed E-state index contributed by atoms with van der Waals surface area (Å²) in [6.45, 7) is 7.24. The fourth-order valence-electron chi connectivity index (χ4n) is 1.40. The summed E-state index contributed by atoms with van der Waals surface area (Å²) in [5, 5.41) is 4.22. The van der Waals surface area contributed by atoms with E-state index in [0.717, 1.165) is 18.8 Å². The fraction of sp³-hybridized carbons (Fsp3) is 0.750. The quantitative estimate of drug-likeness (QED) is 0.645. The summed E-state index contributed by atoms with van der Waals surface area (Å²) in [6.07, 6.45) is 8.72. The van der Waals surface area contributed by atoms with Crippen molar-refractivity contribution in [2.24, 2.45) is 0 Å². The number of hydrogen-bond donors (Lipinski definition) is 0. The Bertz CT molecular complexity index is 268. The third-order valence-electron chi connectivity index (χ3n) is 2.37. The Labute approximate surface area is 92.4 Å². The van der Waals surface area contributed by atoms with Gasteiger partial charge in [-0.15, -0.1) is 0 Å². The SMILES string of the molecule is CCCCCCOc1cnn(C(C)C)c1. The van der Waals surface area contributed by atoms with Crippen LogP contribution in [0.15, 0.2) is 12.4 Å². The van der Waals surface area contributed by atoms with E-state index in [-0.39, 0.29) is 0 Å². The normalized spacial score (nSPS) is 10.9. The van der Waals surface area contributed by atoms with Gasteiger partial charge in [-0.3, -0.25) is 4.68 Å². The summed E-state index contributed by atoms with van der Waals surface area (Å²) in [5.74, 6) is 0.889. The minimum atomic E-state index is 0.405. The molecule has 0 atom stereocenters. The molecule has 0 aromatic carbocycles. The van der Waals surface area contributed by atoms with E-state index in [1.165, 1.54) is 19.3 Å². The lowest BCUT2D eigenvalue weighted by Gasteiger charge is -2.04. The van der Waals surface area contributed by atoms with Gasteiger partial charge < -0.3 is 4.74 Å². The van der Waals surface area contributed by atoms with E-state index in [9.17, 15) is 0 Å². The van der Waals surface area contributed by atoms with Gasteiger partial charge in [0.25, 0.3) is 0 Å². The molecule has 0 aliphatic heterocycles. The van der Waals surface area contributed by atoms with Crippen LogP contribution < -0.4 is 4.74 Å². The molecule has 1 aromatic rings. The van der Waals surface area contributed by atoms with Gasteiger partial charge in [-0.2, -0.15) is 5.10 Å². The van der Waals surface area contributed by atoms with E-state index in [2.05, 4.69) is 25.9 Å². The number of rotatable bonds is 7. The van der Waals surface area contributed by atoms with Crippen LogP contribution in [0, 0.1) is 0 Å². The summed E-state index contributed by atoms with van der Waals surface area (Å²) in [6, 6.07) is 0.405. The zero-order chi connectivity index (χ0) is 11.1. The standard InChI is InChI=1S/C12H22N2O/c1-4-5-6-7-8-15-12-9-13-14(10-12)11(2)3/h9-11H,4-8H2,1-3H3. The van der Waals surface area contributed by atoms with Gasteiger partial charge in [0.1, 0.15) is 0 Å². The molecule has 0 saturated carbocycles. The number of unbranched alkanes of at least 4 members (excludes halogenated alkanes) is 3. The molecular weight excluding hydrogens is 188 g/mol. The largest absolute Gasteiger partial charge is 0.490 e. The molecule has 0 aliphatic carbocycles. The highest BCUT2D eigenvalue weighted by Gasteiger charge is 2.01. The molecule has 0 saturated heterocycles. The maximum atomic E-state index is 5.60. The molecule has 15 heavy (non-hydrogen) atoms. The second kappa shape index (κ2) is 6.49. The Kier molecular flexibility index (Phi) is 5.22. The van der Waals surface area contributed by atoms with Crippen LogP contribution in [0.5, 0.6) is 5.75 Å². The van der Waals surface area contributed by atoms with E-state index >= 15 is 0 Å². The van der Waals surface area contributed by atoms with Crippen molar-refractivity contribution in [3.05, 3.63) is 12.4 Å². The highest BCUT2D eigenvalue weighted by molar-refractivity contribution is 5.11. The van der Waals surface area contributed by atoms with Crippen LogP contribution in [0.3, 0.4) is 0 Å². The molecule has 0 spiro atoms. The minimum Gasteiger partial charge on any atom is -0.490 e. The fourth-order valence-corrected chi connectivity index (χ4v) is 1.40. The third-order valence-corrected chi connectivity index (χ3v) is 2.37. The molecule has 1 heterocycles. The average molecular weight is 210 g/mol. The molecule has 1 aromatic heterocycles. The van der Waals surface area contributed by atoms with Crippen molar-refractivity contribution < 1.29 is 4.74 Å². The van der Waals surface area contributed by atoms with Crippen molar-refractivity contribution in [1.29, 1.82) is 0 Å². The predicted molar refractivity (Wildman–Crippen MR) is 62.2 cm³/mol. The molecule has 0 fully saturated rings. The smallest absolute Gasteiger partial charge is 0.157 e. The van der Waals surface area contributed by atoms with Crippen LogP contribution in [-0.4, -0.2) is 16.4 Å². The third kappa shape index (κ3) is 4.36. The predicted octanol–water partition coefficient (Wildman–Crippen LogP) is 3.42. The monoisotopic (exact) mass is 210 g/mol. The van der Waals surface area contributed by atoms with Gasteiger partial charge in [0, 0.05) is 6.04 Å². The molecule has 1 rings (SSSR count). The molecule has 0 unspecified atom stereocenters. The van der Waals surface area contributed by atoms with E-state index in [0.29, 0.717) is 6.04 Å². The Morgan fingerprint density at radius 1 is 1.33 bits per heavy atom. The first kappa shape index (κ1) is 12.1. The van der Waals surface area contributed by atoms with E-state index in [4.69, 9.17) is 4.74 Å². The minimum absolute atomic E-state index is 0.405. The summed E-state index contributed by atoms with van der Waals surface area (Å²) in [7, 11) is 0. The van der Waals surface area contributed by atoms with Crippen LogP contribution in [0.25, 0.3) is 0 Å². The van der Waals surface area contributed by atoms with E-state index in [1.54, 1.807) is 6.20 Å². The molecule has 0 N–H and O–H groups in total. The summed E-state index contributed by atoms with van der Waals surface area (Å²) in [5.41, 5.74) is 0. The average Bonchev–Trinajstić information content (AvgIpc) is 2.66. The molecule has 0 amide bonds. The Balaban J connectivity index is 2.20. The maximum absolute atomic E-state index is 5.60. The number of nitrogens with zero attached hydrogens (tertiary/aromatic N) is 2. The van der Waals surface area contributed by atoms with Crippen LogP contribution >= 0.6 is 0 Å². The molecular formula is C12H22N2O.